The van der Waals surface area contributed by atoms with Crippen LogP contribution in [-0.4, -0.2) is 29.3 Å². The molecule has 0 aliphatic carbocycles. The van der Waals surface area contributed by atoms with E-state index in [4.69, 9.17) is 4.52 Å². The van der Waals surface area contributed by atoms with Crippen molar-refractivity contribution in [1.29, 1.82) is 0 Å². The molecule has 0 bridgehead atoms. The number of rotatable bonds is 6. The Kier molecular flexibility index (Phi) is 5.49. The quantitative estimate of drug-likeness (QED) is 0.344. The summed E-state index contributed by atoms with van der Waals surface area (Å²) >= 11 is 1.45. The zero-order chi connectivity index (χ0) is 23.1. The largest absolute Gasteiger partial charge is 0.338 e. The van der Waals surface area contributed by atoms with E-state index in [1.54, 1.807) is 4.57 Å². The second kappa shape index (κ2) is 8.47. The van der Waals surface area contributed by atoms with E-state index in [1.807, 2.05) is 54.6 Å². The van der Waals surface area contributed by atoms with E-state index in [0.29, 0.717) is 39.7 Å². The van der Waals surface area contributed by atoms with Crippen LogP contribution in [0.15, 0.2) is 56.9 Å². The molecule has 0 aliphatic heterocycles. The molecule has 0 saturated heterocycles. The van der Waals surface area contributed by atoms with Crippen molar-refractivity contribution in [2.24, 2.45) is 5.92 Å². The molecule has 5 aromatic rings. The molecule has 0 atom stereocenters. The summed E-state index contributed by atoms with van der Waals surface area (Å²) in [6.07, 6.45) is 0.773. The van der Waals surface area contributed by atoms with Crippen molar-refractivity contribution in [3.05, 3.63) is 75.7 Å². The minimum Gasteiger partial charge on any atom is -0.338 e. The molecule has 33 heavy (non-hydrogen) atoms. The fourth-order valence-corrected chi connectivity index (χ4v) is 4.75. The molecule has 0 amide bonds. The first-order valence-corrected chi connectivity index (χ1v) is 11.8. The average Bonchev–Trinajstić information content (AvgIpc) is 3.40. The van der Waals surface area contributed by atoms with Crippen molar-refractivity contribution in [2.75, 3.05) is 0 Å². The van der Waals surface area contributed by atoms with Gasteiger partial charge in [0.1, 0.15) is 0 Å². The van der Waals surface area contributed by atoms with Crippen molar-refractivity contribution >= 4 is 28.4 Å². The number of thioether (sulfide) groups is 1. The third-order valence-electron chi connectivity index (χ3n) is 5.41. The Morgan fingerprint density at radius 2 is 1.91 bits per heavy atom. The first-order chi connectivity index (χ1) is 15.9. The van der Waals surface area contributed by atoms with Crippen LogP contribution in [0.3, 0.4) is 0 Å². The smallest absolute Gasteiger partial charge is 0.267 e. The van der Waals surface area contributed by atoms with E-state index < -0.39 is 0 Å². The van der Waals surface area contributed by atoms with Crippen molar-refractivity contribution in [3.8, 4) is 5.69 Å². The van der Waals surface area contributed by atoms with E-state index in [1.165, 1.54) is 11.8 Å². The molecule has 0 spiro atoms. The summed E-state index contributed by atoms with van der Waals surface area (Å²) in [5.41, 5.74) is 3.56. The number of aryl methyl sites for hydroxylation is 2. The lowest BCUT2D eigenvalue weighted by molar-refractivity contribution is 0.382. The molecule has 0 aliphatic rings. The molecular formula is C24H24N6O2S. The second-order valence-corrected chi connectivity index (χ2v) is 9.50. The van der Waals surface area contributed by atoms with E-state index in [0.717, 1.165) is 28.8 Å². The van der Waals surface area contributed by atoms with Crippen LogP contribution in [0.1, 0.15) is 36.7 Å². The summed E-state index contributed by atoms with van der Waals surface area (Å²) < 4.78 is 8.97. The van der Waals surface area contributed by atoms with Gasteiger partial charge in [-0.1, -0.05) is 60.6 Å². The zero-order valence-electron chi connectivity index (χ0n) is 18.9. The summed E-state index contributed by atoms with van der Waals surface area (Å²) in [6, 6.07) is 13.5. The molecule has 0 unspecified atom stereocenters. The number of aromatic nitrogens is 6. The lowest BCUT2D eigenvalue weighted by atomic mass is 10.1. The lowest BCUT2D eigenvalue weighted by Crippen LogP contribution is -2.22. The summed E-state index contributed by atoms with van der Waals surface area (Å²) in [6.45, 7) is 8.27. The number of hydrogen-bond acceptors (Lipinski definition) is 7. The second-order valence-electron chi connectivity index (χ2n) is 8.56. The Balaban J connectivity index is 1.62. The van der Waals surface area contributed by atoms with Gasteiger partial charge in [0, 0.05) is 6.42 Å². The lowest BCUT2D eigenvalue weighted by Gasteiger charge is -2.13. The molecule has 2 aromatic carbocycles. The van der Waals surface area contributed by atoms with Crippen molar-refractivity contribution in [3.63, 3.8) is 0 Å². The Morgan fingerprint density at radius 1 is 1.09 bits per heavy atom. The van der Waals surface area contributed by atoms with Crippen molar-refractivity contribution < 1.29 is 4.52 Å². The van der Waals surface area contributed by atoms with E-state index in [9.17, 15) is 4.79 Å². The summed E-state index contributed by atoms with van der Waals surface area (Å²) in [4.78, 5) is 18.0. The number of para-hydroxylation sites is 1. The minimum absolute atomic E-state index is 0.121. The Morgan fingerprint density at radius 3 is 2.70 bits per heavy atom. The van der Waals surface area contributed by atoms with E-state index >= 15 is 0 Å². The third kappa shape index (κ3) is 3.93. The van der Waals surface area contributed by atoms with Crippen LogP contribution in [0.5, 0.6) is 0 Å². The third-order valence-corrected chi connectivity index (χ3v) is 6.33. The molecular weight excluding hydrogens is 436 g/mol. The molecule has 0 fully saturated rings. The van der Waals surface area contributed by atoms with E-state index in [-0.39, 0.29) is 5.56 Å². The highest BCUT2D eigenvalue weighted by atomic mass is 32.2. The Bertz CT molecular complexity index is 1530. The maximum absolute atomic E-state index is 13.5. The van der Waals surface area contributed by atoms with Crippen LogP contribution in [0.25, 0.3) is 22.4 Å². The molecule has 0 saturated carbocycles. The van der Waals surface area contributed by atoms with Crippen molar-refractivity contribution in [2.45, 2.75) is 45.0 Å². The molecule has 3 heterocycles. The molecule has 3 aromatic heterocycles. The van der Waals surface area contributed by atoms with Gasteiger partial charge in [-0.15, -0.1) is 10.2 Å². The van der Waals surface area contributed by atoms with Gasteiger partial charge >= 0.3 is 0 Å². The number of nitrogens with zero attached hydrogens (tertiary/aromatic N) is 6. The maximum atomic E-state index is 13.5. The molecule has 0 radical (unpaired) electrons. The molecule has 8 nitrogen and oxygen atoms in total. The van der Waals surface area contributed by atoms with Gasteiger partial charge in [-0.2, -0.15) is 4.98 Å². The van der Waals surface area contributed by atoms with Gasteiger partial charge in [-0.3, -0.25) is 9.20 Å². The van der Waals surface area contributed by atoms with Gasteiger partial charge in [-0.25, -0.2) is 4.57 Å². The van der Waals surface area contributed by atoms with Crippen LogP contribution in [0, 0.1) is 19.8 Å². The van der Waals surface area contributed by atoms with Crippen LogP contribution in [0.2, 0.25) is 0 Å². The zero-order valence-corrected chi connectivity index (χ0v) is 19.8. The predicted molar refractivity (Wildman–Crippen MR) is 128 cm³/mol. The Hall–Kier alpha value is -3.46. The number of fused-ring (bicyclic) bond motifs is 3. The standard InChI is InChI=1S/C24H24N6O2S/c1-14(2)11-20-25-21(32-28-20)13-33-24-27-26-23-29(18-10-9-15(3)12-16(18)4)22(31)17-7-5-6-8-19(17)30(23)24/h5-10,12,14H,11,13H2,1-4H3. The highest BCUT2D eigenvalue weighted by Crippen LogP contribution is 2.26. The van der Waals surface area contributed by atoms with Crippen LogP contribution in [0.4, 0.5) is 0 Å². The minimum atomic E-state index is -0.121. The average molecular weight is 461 g/mol. The van der Waals surface area contributed by atoms with Crippen LogP contribution < -0.4 is 5.56 Å². The highest BCUT2D eigenvalue weighted by molar-refractivity contribution is 7.98. The molecule has 9 heteroatoms. The summed E-state index contributed by atoms with van der Waals surface area (Å²) in [5, 5.41) is 14.2. The highest BCUT2D eigenvalue weighted by Gasteiger charge is 2.19. The van der Waals surface area contributed by atoms with Gasteiger partial charge in [0.25, 0.3) is 5.56 Å². The first-order valence-electron chi connectivity index (χ1n) is 10.8. The topological polar surface area (TPSA) is 91.1 Å². The summed E-state index contributed by atoms with van der Waals surface area (Å²) in [5.74, 6) is 2.64. The van der Waals surface area contributed by atoms with Crippen molar-refractivity contribution in [1.82, 2.24) is 29.3 Å². The monoisotopic (exact) mass is 460 g/mol. The SMILES string of the molecule is Cc1ccc(-n2c(=O)c3ccccc3n3c(SCc4nc(CC(C)C)no4)nnc23)c(C)c1. The fourth-order valence-electron chi connectivity index (χ4n) is 3.97. The fraction of sp³-hybridized carbons (Fsp3) is 0.292. The van der Waals surface area contributed by atoms with Gasteiger partial charge in [0.2, 0.25) is 11.7 Å². The number of benzene rings is 2. The normalized spacial score (nSPS) is 11.8. The Labute approximate surface area is 194 Å². The summed E-state index contributed by atoms with van der Waals surface area (Å²) in [7, 11) is 0. The molecule has 0 N–H and O–H groups in total. The van der Waals surface area contributed by atoms with Crippen LogP contribution in [-0.2, 0) is 12.2 Å². The maximum Gasteiger partial charge on any atom is 0.267 e. The van der Waals surface area contributed by atoms with E-state index in [2.05, 4.69) is 40.3 Å². The van der Waals surface area contributed by atoms with Gasteiger partial charge in [-0.05, 0) is 43.5 Å². The first kappa shape index (κ1) is 21.4. The van der Waals surface area contributed by atoms with Gasteiger partial charge in [0.05, 0.1) is 22.3 Å². The number of hydrogen-bond donors (Lipinski definition) is 0. The molecule has 168 valence electrons. The van der Waals surface area contributed by atoms with Gasteiger partial charge in [0.15, 0.2) is 11.0 Å². The predicted octanol–water partition coefficient (Wildman–Crippen LogP) is 4.52. The van der Waals surface area contributed by atoms with Crippen LogP contribution >= 0.6 is 11.8 Å². The molecule has 5 rings (SSSR count). The van der Waals surface area contributed by atoms with Gasteiger partial charge < -0.3 is 4.52 Å².